The zero-order valence-corrected chi connectivity index (χ0v) is 15.9. The number of carbonyl (C=O) groups is 1. The van der Waals surface area contributed by atoms with Gasteiger partial charge in [0.25, 0.3) is 0 Å². The van der Waals surface area contributed by atoms with Crippen LogP contribution in [0.1, 0.15) is 33.1 Å². The molecule has 0 saturated carbocycles. The number of rotatable bonds is 6. The van der Waals surface area contributed by atoms with E-state index in [9.17, 15) is 13.2 Å². The molecule has 1 aromatic carbocycles. The molecule has 1 heterocycles. The van der Waals surface area contributed by atoms with E-state index in [0.29, 0.717) is 22.8 Å². The Bertz CT molecular complexity index is 676. The standard InChI is InChI=1S/C17H26N2O3S2/c1-3-11-24(21,22)16-9-5-4-8-15(16)23-13(2)17(20)19-10-6-7-14(18)12-19/h4-5,8-9,13-14H,3,6-7,10-12,18H2,1-2H3. The number of nitrogens with zero attached hydrogens (tertiary/aromatic N) is 1. The monoisotopic (exact) mass is 370 g/mol. The first kappa shape index (κ1) is 19.3. The second-order valence-electron chi connectivity index (χ2n) is 6.21. The van der Waals surface area contributed by atoms with Gasteiger partial charge in [-0.25, -0.2) is 8.42 Å². The van der Waals surface area contributed by atoms with Crippen molar-refractivity contribution in [3.05, 3.63) is 24.3 Å². The van der Waals surface area contributed by atoms with E-state index in [0.717, 1.165) is 19.4 Å². The molecule has 0 aliphatic carbocycles. The quantitative estimate of drug-likeness (QED) is 0.777. The first-order chi connectivity index (χ1) is 11.3. The van der Waals surface area contributed by atoms with Gasteiger partial charge in [0.2, 0.25) is 5.91 Å². The summed E-state index contributed by atoms with van der Waals surface area (Å²) in [6.45, 7) is 4.99. The van der Waals surface area contributed by atoms with E-state index in [1.54, 1.807) is 29.2 Å². The number of hydrogen-bond donors (Lipinski definition) is 1. The second-order valence-corrected chi connectivity index (χ2v) is 9.67. The minimum Gasteiger partial charge on any atom is -0.340 e. The van der Waals surface area contributed by atoms with Crippen molar-refractivity contribution in [1.29, 1.82) is 0 Å². The van der Waals surface area contributed by atoms with Crippen LogP contribution in [-0.4, -0.2) is 49.4 Å². The van der Waals surface area contributed by atoms with Crippen LogP contribution in [0.4, 0.5) is 0 Å². The maximum Gasteiger partial charge on any atom is 0.235 e. The van der Waals surface area contributed by atoms with Gasteiger partial charge in [-0.1, -0.05) is 19.1 Å². The van der Waals surface area contributed by atoms with Crippen LogP contribution >= 0.6 is 11.8 Å². The number of sulfone groups is 1. The molecule has 5 nitrogen and oxygen atoms in total. The summed E-state index contributed by atoms with van der Waals surface area (Å²) in [6.07, 6.45) is 2.44. The zero-order valence-electron chi connectivity index (χ0n) is 14.3. The van der Waals surface area contributed by atoms with E-state index in [4.69, 9.17) is 5.73 Å². The summed E-state index contributed by atoms with van der Waals surface area (Å²) in [7, 11) is -3.31. The SMILES string of the molecule is CCCS(=O)(=O)c1ccccc1SC(C)C(=O)N1CCCC(N)C1. The molecule has 1 fully saturated rings. The maximum absolute atomic E-state index is 12.6. The molecule has 0 aromatic heterocycles. The summed E-state index contributed by atoms with van der Waals surface area (Å²) < 4.78 is 24.8. The minimum absolute atomic E-state index is 0.0258. The van der Waals surface area contributed by atoms with Gasteiger partial charge in [-0.3, -0.25) is 4.79 Å². The fraction of sp³-hybridized carbons (Fsp3) is 0.588. The van der Waals surface area contributed by atoms with E-state index < -0.39 is 9.84 Å². The van der Waals surface area contributed by atoms with Gasteiger partial charge in [0.15, 0.2) is 9.84 Å². The fourth-order valence-electron chi connectivity index (χ4n) is 2.89. The lowest BCUT2D eigenvalue weighted by Crippen LogP contribution is -2.48. The Morgan fingerprint density at radius 3 is 2.79 bits per heavy atom. The highest BCUT2D eigenvalue weighted by atomic mass is 32.2. The molecule has 7 heteroatoms. The Labute approximate surface area is 148 Å². The van der Waals surface area contributed by atoms with Crippen LogP contribution in [0.3, 0.4) is 0 Å². The first-order valence-electron chi connectivity index (χ1n) is 8.38. The van der Waals surface area contributed by atoms with E-state index in [1.807, 2.05) is 13.8 Å². The molecule has 2 atom stereocenters. The van der Waals surface area contributed by atoms with Gasteiger partial charge in [-0.05, 0) is 38.3 Å². The van der Waals surface area contributed by atoms with Crippen molar-refractivity contribution >= 4 is 27.5 Å². The predicted molar refractivity (Wildman–Crippen MR) is 97.9 cm³/mol. The van der Waals surface area contributed by atoms with Crippen LogP contribution in [0.2, 0.25) is 0 Å². The predicted octanol–water partition coefficient (Wildman–Crippen LogP) is 2.30. The van der Waals surface area contributed by atoms with Gasteiger partial charge < -0.3 is 10.6 Å². The molecule has 0 radical (unpaired) electrons. The molecule has 2 rings (SSSR count). The number of likely N-dealkylation sites (tertiary alicyclic amines) is 1. The molecule has 24 heavy (non-hydrogen) atoms. The largest absolute Gasteiger partial charge is 0.340 e. The number of piperidine rings is 1. The first-order valence-corrected chi connectivity index (χ1v) is 10.9. The Hall–Kier alpha value is -1.05. The van der Waals surface area contributed by atoms with Gasteiger partial charge in [0.1, 0.15) is 0 Å². The summed E-state index contributed by atoms with van der Waals surface area (Å²) in [5.41, 5.74) is 5.95. The average Bonchev–Trinajstić information content (AvgIpc) is 2.54. The highest BCUT2D eigenvalue weighted by Gasteiger charge is 2.27. The molecule has 134 valence electrons. The summed E-state index contributed by atoms with van der Waals surface area (Å²) in [5.74, 6) is 0.145. The van der Waals surface area contributed by atoms with Crippen molar-refractivity contribution < 1.29 is 13.2 Å². The van der Waals surface area contributed by atoms with Crippen LogP contribution in [0.15, 0.2) is 34.1 Å². The van der Waals surface area contributed by atoms with Crippen LogP contribution in [0.5, 0.6) is 0 Å². The number of nitrogens with two attached hydrogens (primary N) is 1. The number of hydrogen-bond acceptors (Lipinski definition) is 5. The Kier molecular flexibility index (Phi) is 6.71. The molecular weight excluding hydrogens is 344 g/mol. The van der Waals surface area contributed by atoms with E-state index in [-0.39, 0.29) is 23.0 Å². The second kappa shape index (κ2) is 8.36. The number of carbonyl (C=O) groups excluding carboxylic acids is 1. The molecule has 1 aliphatic rings. The summed E-state index contributed by atoms with van der Waals surface area (Å²) in [4.78, 5) is 15.4. The Balaban J connectivity index is 2.14. The lowest BCUT2D eigenvalue weighted by molar-refractivity contribution is -0.131. The Morgan fingerprint density at radius 2 is 2.12 bits per heavy atom. The summed E-state index contributed by atoms with van der Waals surface area (Å²) in [5, 5.41) is -0.340. The highest BCUT2D eigenvalue weighted by Crippen LogP contribution is 2.31. The normalized spacial score (nSPS) is 20.0. The molecule has 1 aliphatic heterocycles. The molecule has 0 bridgehead atoms. The third-order valence-corrected chi connectivity index (χ3v) is 7.34. The van der Waals surface area contributed by atoms with Crippen LogP contribution in [0, 0.1) is 0 Å². The minimum atomic E-state index is -3.31. The summed E-state index contributed by atoms with van der Waals surface area (Å²) >= 11 is 1.31. The van der Waals surface area contributed by atoms with Gasteiger partial charge in [0, 0.05) is 24.0 Å². The number of benzene rings is 1. The van der Waals surface area contributed by atoms with Crippen molar-refractivity contribution in [3.63, 3.8) is 0 Å². The molecular formula is C17H26N2O3S2. The molecule has 1 aromatic rings. The molecule has 2 unspecified atom stereocenters. The van der Waals surface area contributed by atoms with Crippen LogP contribution in [-0.2, 0) is 14.6 Å². The Morgan fingerprint density at radius 1 is 1.42 bits per heavy atom. The van der Waals surface area contributed by atoms with Gasteiger partial charge >= 0.3 is 0 Å². The number of thioether (sulfide) groups is 1. The molecule has 1 saturated heterocycles. The van der Waals surface area contributed by atoms with Gasteiger partial charge in [-0.2, -0.15) is 0 Å². The van der Waals surface area contributed by atoms with Crippen LogP contribution < -0.4 is 5.73 Å². The number of amides is 1. The molecule has 2 N–H and O–H groups in total. The zero-order chi connectivity index (χ0) is 17.7. The van der Waals surface area contributed by atoms with Gasteiger partial charge in [-0.15, -0.1) is 11.8 Å². The lowest BCUT2D eigenvalue weighted by atomic mass is 10.1. The van der Waals surface area contributed by atoms with E-state index >= 15 is 0 Å². The smallest absolute Gasteiger partial charge is 0.235 e. The maximum atomic E-state index is 12.6. The molecule has 0 spiro atoms. The van der Waals surface area contributed by atoms with Crippen molar-refractivity contribution in [2.24, 2.45) is 5.73 Å². The third-order valence-electron chi connectivity index (χ3n) is 4.08. The van der Waals surface area contributed by atoms with E-state index in [1.165, 1.54) is 11.8 Å². The van der Waals surface area contributed by atoms with Crippen molar-refractivity contribution in [1.82, 2.24) is 4.90 Å². The molecule has 1 amide bonds. The topological polar surface area (TPSA) is 80.5 Å². The third kappa shape index (κ3) is 4.74. The van der Waals surface area contributed by atoms with Crippen molar-refractivity contribution in [3.8, 4) is 0 Å². The fourth-order valence-corrected chi connectivity index (χ4v) is 5.81. The average molecular weight is 371 g/mol. The highest BCUT2D eigenvalue weighted by molar-refractivity contribution is 8.01. The van der Waals surface area contributed by atoms with Crippen LogP contribution in [0.25, 0.3) is 0 Å². The summed E-state index contributed by atoms with van der Waals surface area (Å²) in [6, 6.07) is 6.97. The van der Waals surface area contributed by atoms with Gasteiger partial charge in [0.05, 0.1) is 15.9 Å². The van der Waals surface area contributed by atoms with E-state index in [2.05, 4.69) is 0 Å². The van der Waals surface area contributed by atoms with Crippen molar-refractivity contribution in [2.75, 3.05) is 18.8 Å². The lowest BCUT2D eigenvalue weighted by Gasteiger charge is -2.32. The van der Waals surface area contributed by atoms with Crippen molar-refractivity contribution in [2.45, 2.75) is 54.2 Å².